The molecule has 6 nitrogen and oxygen atoms in total. The third-order valence-corrected chi connectivity index (χ3v) is 2.36. The number of imide groups is 1. The SMILES string of the molecule is C=C(NCCOCCN1C(=O)C=CC1=O)OC(C)(C)C. The molecule has 0 saturated carbocycles. The normalized spacial score (nSPS) is 14.8. The van der Waals surface area contributed by atoms with E-state index in [4.69, 9.17) is 9.47 Å². The van der Waals surface area contributed by atoms with E-state index in [9.17, 15) is 9.59 Å². The lowest BCUT2D eigenvalue weighted by Crippen LogP contribution is -2.33. The van der Waals surface area contributed by atoms with E-state index in [-0.39, 0.29) is 24.0 Å². The predicted molar refractivity (Wildman–Crippen MR) is 74.7 cm³/mol. The summed E-state index contributed by atoms with van der Waals surface area (Å²) in [4.78, 5) is 23.6. The zero-order valence-electron chi connectivity index (χ0n) is 12.3. The molecule has 0 saturated heterocycles. The highest BCUT2D eigenvalue weighted by Crippen LogP contribution is 2.09. The minimum absolute atomic E-state index is 0.268. The van der Waals surface area contributed by atoms with Gasteiger partial charge in [0.25, 0.3) is 11.8 Å². The number of nitrogens with zero attached hydrogens (tertiary/aromatic N) is 1. The zero-order valence-corrected chi connectivity index (χ0v) is 12.3. The van der Waals surface area contributed by atoms with Gasteiger partial charge in [-0.3, -0.25) is 14.5 Å². The number of carbonyl (C=O) groups is 2. The molecular weight excluding hydrogens is 260 g/mol. The summed E-state index contributed by atoms with van der Waals surface area (Å²) in [6, 6.07) is 0. The van der Waals surface area contributed by atoms with E-state index in [2.05, 4.69) is 11.9 Å². The molecule has 20 heavy (non-hydrogen) atoms. The lowest BCUT2D eigenvalue weighted by Gasteiger charge is -2.23. The van der Waals surface area contributed by atoms with Crippen molar-refractivity contribution in [3.8, 4) is 0 Å². The Kier molecular flexibility index (Phi) is 5.76. The van der Waals surface area contributed by atoms with Crippen LogP contribution in [0.25, 0.3) is 0 Å². The minimum atomic E-state index is -0.288. The molecule has 1 aliphatic heterocycles. The molecule has 0 atom stereocenters. The molecule has 0 bridgehead atoms. The second-order valence-electron chi connectivity index (χ2n) is 5.34. The minimum Gasteiger partial charge on any atom is -0.474 e. The smallest absolute Gasteiger partial charge is 0.253 e. The van der Waals surface area contributed by atoms with E-state index in [1.807, 2.05) is 20.8 Å². The molecule has 1 heterocycles. The quantitative estimate of drug-likeness (QED) is 0.405. The van der Waals surface area contributed by atoms with E-state index >= 15 is 0 Å². The summed E-state index contributed by atoms with van der Waals surface area (Å²) in [6.45, 7) is 11.1. The van der Waals surface area contributed by atoms with Crippen LogP contribution in [0.4, 0.5) is 0 Å². The molecule has 0 unspecified atom stereocenters. The first kappa shape index (κ1) is 16.2. The van der Waals surface area contributed by atoms with E-state index < -0.39 is 0 Å². The molecule has 112 valence electrons. The Morgan fingerprint density at radius 2 is 1.85 bits per heavy atom. The number of hydrogen-bond acceptors (Lipinski definition) is 5. The Labute approximate surface area is 119 Å². The number of amides is 2. The Morgan fingerprint density at radius 3 is 2.40 bits per heavy atom. The lowest BCUT2D eigenvalue weighted by atomic mass is 10.2. The number of ether oxygens (including phenoxy) is 2. The standard InChI is InChI=1S/C14H22N2O4/c1-11(20-14(2,3)4)15-7-9-19-10-8-16-12(17)5-6-13(16)18/h5-6,15H,1,7-10H2,2-4H3. The van der Waals surface area contributed by atoms with Gasteiger partial charge >= 0.3 is 0 Å². The van der Waals surface area contributed by atoms with Crippen molar-refractivity contribution in [3.05, 3.63) is 24.6 Å². The molecule has 0 fully saturated rings. The van der Waals surface area contributed by atoms with Crippen molar-refractivity contribution < 1.29 is 19.1 Å². The summed E-state index contributed by atoms with van der Waals surface area (Å²) in [5.41, 5.74) is -0.283. The van der Waals surface area contributed by atoms with E-state index in [0.717, 1.165) is 4.90 Å². The molecule has 1 aliphatic rings. The monoisotopic (exact) mass is 282 g/mol. The van der Waals surface area contributed by atoms with Gasteiger partial charge in [0, 0.05) is 18.7 Å². The van der Waals surface area contributed by atoms with Crippen LogP contribution in [-0.4, -0.2) is 48.6 Å². The first-order valence-corrected chi connectivity index (χ1v) is 6.53. The highest BCUT2D eigenvalue weighted by molar-refractivity contribution is 6.12. The Bertz CT molecular complexity index is 392. The Balaban J connectivity index is 2.04. The summed E-state index contributed by atoms with van der Waals surface area (Å²) in [5, 5.41) is 2.98. The first-order valence-electron chi connectivity index (χ1n) is 6.53. The van der Waals surface area contributed by atoms with Gasteiger partial charge in [0.05, 0.1) is 19.8 Å². The van der Waals surface area contributed by atoms with Crippen molar-refractivity contribution in [2.75, 3.05) is 26.3 Å². The maximum atomic E-state index is 11.2. The fraction of sp³-hybridized carbons (Fsp3) is 0.571. The molecule has 2 amide bonds. The van der Waals surface area contributed by atoms with Crippen molar-refractivity contribution in [3.63, 3.8) is 0 Å². The third-order valence-electron chi connectivity index (χ3n) is 2.36. The van der Waals surface area contributed by atoms with Crippen LogP contribution in [0.1, 0.15) is 20.8 Å². The van der Waals surface area contributed by atoms with Gasteiger partial charge in [0.1, 0.15) is 5.60 Å². The van der Waals surface area contributed by atoms with Crippen LogP contribution in [0.15, 0.2) is 24.6 Å². The maximum Gasteiger partial charge on any atom is 0.253 e. The second-order valence-corrected chi connectivity index (χ2v) is 5.34. The number of carbonyl (C=O) groups excluding carboxylic acids is 2. The molecule has 0 spiro atoms. The summed E-state index contributed by atoms with van der Waals surface area (Å²) in [5.74, 6) is -0.0810. The molecule has 0 aromatic carbocycles. The largest absolute Gasteiger partial charge is 0.474 e. The third kappa shape index (κ3) is 5.88. The summed E-state index contributed by atoms with van der Waals surface area (Å²) in [7, 11) is 0. The fourth-order valence-corrected chi connectivity index (χ4v) is 1.58. The highest BCUT2D eigenvalue weighted by Gasteiger charge is 2.22. The summed E-state index contributed by atoms with van der Waals surface area (Å²) < 4.78 is 10.8. The van der Waals surface area contributed by atoms with Crippen LogP contribution in [0.5, 0.6) is 0 Å². The van der Waals surface area contributed by atoms with Gasteiger partial charge in [-0.05, 0) is 27.4 Å². The van der Waals surface area contributed by atoms with Gasteiger partial charge in [0.2, 0.25) is 0 Å². The molecule has 0 radical (unpaired) electrons. The van der Waals surface area contributed by atoms with Gasteiger partial charge in [-0.25, -0.2) is 0 Å². The summed E-state index contributed by atoms with van der Waals surface area (Å²) >= 11 is 0. The van der Waals surface area contributed by atoms with Crippen LogP contribution < -0.4 is 5.32 Å². The lowest BCUT2D eigenvalue weighted by molar-refractivity contribution is -0.137. The molecule has 6 heteroatoms. The van der Waals surface area contributed by atoms with Crippen LogP contribution in [0.2, 0.25) is 0 Å². The molecular formula is C14H22N2O4. The van der Waals surface area contributed by atoms with Crippen molar-refractivity contribution in [2.24, 2.45) is 0 Å². The zero-order chi connectivity index (χ0) is 15.2. The van der Waals surface area contributed by atoms with Gasteiger partial charge in [-0.15, -0.1) is 0 Å². The molecule has 1 N–H and O–H groups in total. The van der Waals surface area contributed by atoms with Crippen molar-refractivity contribution in [1.82, 2.24) is 10.2 Å². The van der Waals surface area contributed by atoms with Gasteiger partial charge < -0.3 is 14.8 Å². The first-order chi connectivity index (χ1) is 9.29. The number of nitrogens with one attached hydrogen (secondary N) is 1. The van der Waals surface area contributed by atoms with Gasteiger partial charge in [-0.2, -0.15) is 0 Å². The van der Waals surface area contributed by atoms with Crippen molar-refractivity contribution >= 4 is 11.8 Å². The molecule has 0 aromatic heterocycles. The predicted octanol–water partition coefficient (Wildman–Crippen LogP) is 0.804. The van der Waals surface area contributed by atoms with Crippen molar-refractivity contribution in [1.29, 1.82) is 0 Å². The number of hydrogen-bond donors (Lipinski definition) is 1. The van der Waals surface area contributed by atoms with Crippen LogP contribution >= 0.6 is 0 Å². The number of rotatable bonds is 8. The topological polar surface area (TPSA) is 67.9 Å². The maximum absolute atomic E-state index is 11.2. The van der Waals surface area contributed by atoms with Crippen LogP contribution in [-0.2, 0) is 19.1 Å². The Morgan fingerprint density at radius 1 is 1.25 bits per heavy atom. The highest BCUT2D eigenvalue weighted by atomic mass is 16.5. The Hall–Kier alpha value is -1.82. The molecule has 0 aromatic rings. The van der Waals surface area contributed by atoms with Gasteiger partial charge in [0.15, 0.2) is 5.88 Å². The second kappa shape index (κ2) is 7.09. The van der Waals surface area contributed by atoms with E-state index in [0.29, 0.717) is 25.6 Å². The van der Waals surface area contributed by atoms with Crippen molar-refractivity contribution in [2.45, 2.75) is 26.4 Å². The fourth-order valence-electron chi connectivity index (χ4n) is 1.58. The average molecular weight is 282 g/mol. The van der Waals surface area contributed by atoms with E-state index in [1.54, 1.807) is 0 Å². The molecule has 0 aliphatic carbocycles. The van der Waals surface area contributed by atoms with E-state index in [1.165, 1.54) is 12.2 Å². The van der Waals surface area contributed by atoms with Gasteiger partial charge in [-0.1, -0.05) is 0 Å². The molecule has 1 rings (SSSR count). The van der Waals surface area contributed by atoms with Crippen LogP contribution in [0, 0.1) is 0 Å². The summed E-state index contributed by atoms with van der Waals surface area (Å²) in [6.07, 6.45) is 2.52. The van der Waals surface area contributed by atoms with Crippen LogP contribution in [0.3, 0.4) is 0 Å². The average Bonchev–Trinajstić information content (AvgIpc) is 2.62.